The van der Waals surface area contributed by atoms with Crippen molar-refractivity contribution in [1.82, 2.24) is 5.32 Å². The van der Waals surface area contributed by atoms with Crippen LogP contribution >= 0.6 is 0 Å². The third-order valence-corrected chi connectivity index (χ3v) is 4.38. The normalized spacial score (nSPS) is 12.6. The summed E-state index contributed by atoms with van der Waals surface area (Å²) in [6.07, 6.45) is 10.2. The second kappa shape index (κ2) is 10.8. The quantitative estimate of drug-likeness (QED) is 0.506. The van der Waals surface area contributed by atoms with E-state index in [2.05, 4.69) is 51.2 Å². The van der Waals surface area contributed by atoms with Crippen LogP contribution in [0.15, 0.2) is 18.2 Å². The first kappa shape index (κ1) is 18.2. The van der Waals surface area contributed by atoms with Gasteiger partial charge in [-0.2, -0.15) is 0 Å². The molecule has 1 N–H and O–H groups in total. The zero-order valence-corrected chi connectivity index (χ0v) is 14.7. The molecule has 0 fully saturated rings. The molecule has 0 saturated carbocycles. The Kier molecular flexibility index (Phi) is 9.41. The summed E-state index contributed by atoms with van der Waals surface area (Å²) in [7, 11) is 0. The fourth-order valence-corrected chi connectivity index (χ4v) is 3.02. The van der Waals surface area contributed by atoms with Crippen LogP contribution in [0.3, 0.4) is 0 Å². The van der Waals surface area contributed by atoms with Gasteiger partial charge in [-0.15, -0.1) is 0 Å². The predicted octanol–water partition coefficient (Wildman–Crippen LogP) is 5.82. The van der Waals surface area contributed by atoms with Crippen molar-refractivity contribution in [3.8, 4) is 0 Å². The molecule has 0 bridgehead atoms. The SMILES string of the molecule is CCCCCCC(NCCC)c1ccc(CC)c(CC)c1. The molecule has 1 nitrogen and oxygen atoms in total. The highest BCUT2D eigenvalue weighted by Crippen LogP contribution is 2.24. The van der Waals surface area contributed by atoms with E-state index in [1.54, 1.807) is 0 Å². The van der Waals surface area contributed by atoms with Gasteiger partial charge in [0, 0.05) is 6.04 Å². The van der Waals surface area contributed by atoms with Crippen LogP contribution < -0.4 is 5.32 Å². The minimum Gasteiger partial charge on any atom is -0.310 e. The van der Waals surface area contributed by atoms with E-state index in [-0.39, 0.29) is 0 Å². The largest absolute Gasteiger partial charge is 0.310 e. The van der Waals surface area contributed by atoms with Crippen LogP contribution in [-0.4, -0.2) is 6.54 Å². The molecule has 0 aliphatic carbocycles. The molecule has 120 valence electrons. The van der Waals surface area contributed by atoms with Crippen molar-refractivity contribution in [3.05, 3.63) is 34.9 Å². The monoisotopic (exact) mass is 289 g/mol. The molecule has 0 radical (unpaired) electrons. The Labute approximate surface area is 132 Å². The molecule has 1 rings (SSSR count). The smallest absolute Gasteiger partial charge is 0.0320 e. The van der Waals surface area contributed by atoms with Gasteiger partial charge in [-0.25, -0.2) is 0 Å². The van der Waals surface area contributed by atoms with Gasteiger partial charge in [-0.05, 0) is 48.9 Å². The van der Waals surface area contributed by atoms with Gasteiger partial charge in [0.2, 0.25) is 0 Å². The number of unbranched alkanes of at least 4 members (excludes halogenated alkanes) is 3. The van der Waals surface area contributed by atoms with Crippen molar-refractivity contribution in [3.63, 3.8) is 0 Å². The Hall–Kier alpha value is -0.820. The van der Waals surface area contributed by atoms with Crippen LogP contribution in [0.2, 0.25) is 0 Å². The molecule has 21 heavy (non-hydrogen) atoms. The van der Waals surface area contributed by atoms with Crippen molar-refractivity contribution in [1.29, 1.82) is 0 Å². The molecule has 1 heteroatoms. The zero-order chi connectivity index (χ0) is 15.5. The second-order valence-electron chi connectivity index (χ2n) is 6.09. The van der Waals surface area contributed by atoms with E-state index < -0.39 is 0 Å². The van der Waals surface area contributed by atoms with Crippen molar-refractivity contribution < 1.29 is 0 Å². The van der Waals surface area contributed by atoms with Gasteiger partial charge in [0.1, 0.15) is 0 Å². The molecule has 0 amide bonds. The molecule has 0 heterocycles. The first-order valence-electron chi connectivity index (χ1n) is 9.11. The molecule has 0 spiro atoms. The summed E-state index contributed by atoms with van der Waals surface area (Å²) >= 11 is 0. The summed E-state index contributed by atoms with van der Waals surface area (Å²) in [6.45, 7) is 10.2. The lowest BCUT2D eigenvalue weighted by Gasteiger charge is -2.21. The van der Waals surface area contributed by atoms with Gasteiger partial charge in [0.05, 0.1) is 0 Å². The highest BCUT2D eigenvalue weighted by molar-refractivity contribution is 5.33. The van der Waals surface area contributed by atoms with Crippen molar-refractivity contribution in [2.45, 2.75) is 85.1 Å². The Morgan fingerprint density at radius 3 is 2.24 bits per heavy atom. The van der Waals surface area contributed by atoms with E-state index in [9.17, 15) is 0 Å². The molecule has 0 aliphatic rings. The van der Waals surface area contributed by atoms with Crippen LogP contribution in [0.25, 0.3) is 0 Å². The van der Waals surface area contributed by atoms with Gasteiger partial charge >= 0.3 is 0 Å². The van der Waals surface area contributed by atoms with Crippen LogP contribution in [0.4, 0.5) is 0 Å². The minimum atomic E-state index is 0.540. The van der Waals surface area contributed by atoms with E-state index in [0.717, 1.165) is 19.4 Å². The molecule has 1 aromatic rings. The lowest BCUT2D eigenvalue weighted by molar-refractivity contribution is 0.470. The van der Waals surface area contributed by atoms with Crippen LogP contribution in [0, 0.1) is 0 Å². The molecule has 1 unspecified atom stereocenters. The highest BCUT2D eigenvalue weighted by Gasteiger charge is 2.12. The number of rotatable bonds is 11. The van der Waals surface area contributed by atoms with E-state index in [0.29, 0.717) is 6.04 Å². The summed E-state index contributed by atoms with van der Waals surface area (Å²) in [6, 6.07) is 7.69. The third-order valence-electron chi connectivity index (χ3n) is 4.38. The molecule has 0 aromatic heterocycles. The van der Waals surface area contributed by atoms with Crippen LogP contribution in [0.1, 0.15) is 89.0 Å². The highest BCUT2D eigenvalue weighted by atomic mass is 14.9. The van der Waals surface area contributed by atoms with Crippen molar-refractivity contribution in [2.75, 3.05) is 6.54 Å². The summed E-state index contributed by atoms with van der Waals surface area (Å²) in [4.78, 5) is 0. The van der Waals surface area contributed by atoms with Gasteiger partial charge in [0.25, 0.3) is 0 Å². The van der Waals surface area contributed by atoms with Gasteiger partial charge < -0.3 is 5.32 Å². The molecular formula is C20H35N. The summed E-state index contributed by atoms with van der Waals surface area (Å²) in [5.74, 6) is 0. The van der Waals surface area contributed by atoms with Crippen molar-refractivity contribution in [2.24, 2.45) is 0 Å². The lowest BCUT2D eigenvalue weighted by Crippen LogP contribution is -2.22. The zero-order valence-electron chi connectivity index (χ0n) is 14.7. The maximum Gasteiger partial charge on any atom is 0.0320 e. The van der Waals surface area contributed by atoms with Crippen LogP contribution in [-0.2, 0) is 12.8 Å². The second-order valence-corrected chi connectivity index (χ2v) is 6.09. The molecule has 1 atom stereocenters. The minimum absolute atomic E-state index is 0.540. The number of benzene rings is 1. The average Bonchev–Trinajstić information content (AvgIpc) is 2.53. The standard InChI is InChI=1S/C20H35N/c1-5-9-10-11-12-20(21-15-6-2)19-14-13-17(7-3)18(8-4)16-19/h13-14,16,20-21H,5-12,15H2,1-4H3. The van der Waals surface area contributed by atoms with Gasteiger partial charge in [0.15, 0.2) is 0 Å². The van der Waals surface area contributed by atoms with E-state index >= 15 is 0 Å². The average molecular weight is 290 g/mol. The molecule has 1 aromatic carbocycles. The van der Waals surface area contributed by atoms with Crippen molar-refractivity contribution >= 4 is 0 Å². The Morgan fingerprint density at radius 1 is 0.857 bits per heavy atom. The Balaban J connectivity index is 2.76. The van der Waals surface area contributed by atoms with Crippen LogP contribution in [0.5, 0.6) is 0 Å². The predicted molar refractivity (Wildman–Crippen MR) is 95.0 cm³/mol. The maximum absolute atomic E-state index is 3.75. The lowest BCUT2D eigenvalue weighted by atomic mass is 9.94. The fourth-order valence-electron chi connectivity index (χ4n) is 3.02. The summed E-state index contributed by atoms with van der Waals surface area (Å²) < 4.78 is 0. The van der Waals surface area contributed by atoms with E-state index in [1.165, 1.54) is 55.2 Å². The van der Waals surface area contributed by atoms with E-state index in [1.807, 2.05) is 0 Å². The number of hydrogen-bond donors (Lipinski definition) is 1. The summed E-state index contributed by atoms with van der Waals surface area (Å²) in [5, 5.41) is 3.75. The maximum atomic E-state index is 3.75. The van der Waals surface area contributed by atoms with Gasteiger partial charge in [-0.1, -0.05) is 71.6 Å². The molecule has 0 aliphatic heterocycles. The van der Waals surface area contributed by atoms with E-state index in [4.69, 9.17) is 0 Å². The first-order chi connectivity index (χ1) is 10.3. The Bertz CT molecular complexity index is 383. The third kappa shape index (κ3) is 6.22. The number of hydrogen-bond acceptors (Lipinski definition) is 1. The summed E-state index contributed by atoms with van der Waals surface area (Å²) in [5.41, 5.74) is 4.54. The number of nitrogens with one attached hydrogen (secondary N) is 1. The Morgan fingerprint density at radius 2 is 1.62 bits per heavy atom. The topological polar surface area (TPSA) is 12.0 Å². The first-order valence-corrected chi connectivity index (χ1v) is 9.11. The molecular weight excluding hydrogens is 254 g/mol. The van der Waals surface area contributed by atoms with Gasteiger partial charge in [-0.3, -0.25) is 0 Å². The molecule has 0 saturated heterocycles. The fraction of sp³-hybridized carbons (Fsp3) is 0.700. The number of aryl methyl sites for hydroxylation is 2.